The number of likely N-dealkylation sites (N-methyl/N-ethyl adjacent to an activating group) is 1. The Labute approximate surface area is 147 Å². The number of piperazine rings is 1. The van der Waals surface area contributed by atoms with Crippen molar-refractivity contribution in [2.45, 2.75) is 45.7 Å². The number of hydrogen-bond acceptors (Lipinski definition) is 2. The maximum absolute atomic E-state index is 13.2. The Kier molecular flexibility index (Phi) is 5.98. The van der Waals surface area contributed by atoms with E-state index in [-0.39, 0.29) is 24.0 Å². The zero-order valence-electron chi connectivity index (χ0n) is 14.9. The fourth-order valence-corrected chi connectivity index (χ4v) is 2.99. The first-order valence-electron chi connectivity index (χ1n) is 8.58. The minimum Gasteiger partial charge on any atom is -0.339 e. The summed E-state index contributed by atoms with van der Waals surface area (Å²) >= 11 is 0. The van der Waals surface area contributed by atoms with Crippen LogP contribution in [0.5, 0.6) is 0 Å². The number of nitrogens with zero attached hydrogens (tertiary/aromatic N) is 2. The zero-order chi connectivity index (χ0) is 18.6. The van der Waals surface area contributed by atoms with Crippen molar-refractivity contribution >= 4 is 11.9 Å². The topological polar surface area (TPSA) is 52.7 Å². The highest BCUT2D eigenvalue weighted by Gasteiger charge is 2.35. The van der Waals surface area contributed by atoms with E-state index in [4.69, 9.17) is 0 Å². The van der Waals surface area contributed by atoms with Crippen molar-refractivity contribution in [1.29, 1.82) is 0 Å². The molecular weight excluding hydrogens is 328 g/mol. The van der Waals surface area contributed by atoms with E-state index < -0.39 is 12.0 Å². The van der Waals surface area contributed by atoms with Crippen molar-refractivity contribution in [3.8, 4) is 0 Å². The first kappa shape index (κ1) is 19.1. The van der Waals surface area contributed by atoms with Crippen LogP contribution in [-0.2, 0) is 17.3 Å². The molecule has 0 radical (unpaired) electrons. The van der Waals surface area contributed by atoms with E-state index in [1.54, 1.807) is 21.9 Å². The molecule has 1 fully saturated rings. The minimum absolute atomic E-state index is 0.0269. The number of rotatable bonds is 5. The first-order valence-corrected chi connectivity index (χ1v) is 8.58. The van der Waals surface area contributed by atoms with E-state index in [2.05, 4.69) is 5.32 Å². The number of benzene rings is 1. The normalized spacial score (nSPS) is 18.4. The van der Waals surface area contributed by atoms with E-state index in [9.17, 15) is 18.4 Å². The molecule has 1 unspecified atom stereocenters. The van der Waals surface area contributed by atoms with Crippen LogP contribution >= 0.6 is 0 Å². The molecule has 0 aromatic heterocycles. The molecule has 0 saturated carbocycles. The summed E-state index contributed by atoms with van der Waals surface area (Å²) in [6.45, 7) is 6.54. The summed E-state index contributed by atoms with van der Waals surface area (Å²) in [6, 6.07) is 5.12. The van der Waals surface area contributed by atoms with Gasteiger partial charge in [-0.05, 0) is 18.9 Å². The molecule has 1 aromatic rings. The second-order valence-corrected chi connectivity index (χ2v) is 6.28. The highest BCUT2D eigenvalue weighted by molar-refractivity contribution is 5.88. The van der Waals surface area contributed by atoms with Crippen LogP contribution in [0.15, 0.2) is 24.3 Å². The van der Waals surface area contributed by atoms with Crippen molar-refractivity contribution in [2.75, 3.05) is 19.6 Å². The number of carbonyl (C=O) groups excluding carboxylic acids is 2. The predicted molar refractivity (Wildman–Crippen MR) is 91.3 cm³/mol. The van der Waals surface area contributed by atoms with Crippen molar-refractivity contribution in [3.05, 3.63) is 35.4 Å². The van der Waals surface area contributed by atoms with Crippen LogP contribution in [0.3, 0.4) is 0 Å². The van der Waals surface area contributed by atoms with Gasteiger partial charge in [0, 0.05) is 38.7 Å². The van der Waals surface area contributed by atoms with Crippen molar-refractivity contribution < 1.29 is 18.4 Å². The van der Waals surface area contributed by atoms with E-state index in [1.807, 2.05) is 13.8 Å². The van der Waals surface area contributed by atoms with Crippen molar-refractivity contribution in [2.24, 2.45) is 0 Å². The highest BCUT2D eigenvalue weighted by atomic mass is 19.3. The lowest BCUT2D eigenvalue weighted by atomic mass is 10.1. The van der Waals surface area contributed by atoms with Gasteiger partial charge in [0.15, 0.2) is 0 Å². The van der Waals surface area contributed by atoms with Crippen molar-refractivity contribution in [1.82, 2.24) is 15.1 Å². The summed E-state index contributed by atoms with van der Waals surface area (Å²) in [5.74, 6) is -2.91. The molecule has 1 atom stereocenters. The summed E-state index contributed by atoms with van der Waals surface area (Å²) in [6.07, 6.45) is 0.559. The third-order valence-electron chi connectivity index (χ3n) is 4.52. The predicted octanol–water partition coefficient (Wildman–Crippen LogP) is 2.95. The fourth-order valence-electron chi connectivity index (χ4n) is 2.99. The lowest BCUT2D eigenvalue weighted by Gasteiger charge is -2.39. The molecule has 1 aliphatic heterocycles. The third-order valence-corrected chi connectivity index (χ3v) is 4.52. The number of carbonyl (C=O) groups is 2. The van der Waals surface area contributed by atoms with Crippen LogP contribution in [0.25, 0.3) is 0 Å². The van der Waals surface area contributed by atoms with E-state index in [1.165, 1.54) is 12.1 Å². The smallest absolute Gasteiger partial charge is 0.318 e. The van der Waals surface area contributed by atoms with E-state index >= 15 is 0 Å². The Morgan fingerprint density at radius 3 is 2.40 bits per heavy atom. The van der Waals surface area contributed by atoms with Crippen LogP contribution in [0.4, 0.5) is 13.6 Å². The molecular formula is C18H25F2N3O2. The lowest BCUT2D eigenvalue weighted by molar-refractivity contribution is -0.139. The maximum Gasteiger partial charge on any atom is 0.318 e. The average molecular weight is 353 g/mol. The van der Waals surface area contributed by atoms with Crippen LogP contribution in [0.2, 0.25) is 0 Å². The largest absolute Gasteiger partial charge is 0.339 e. The molecule has 2 rings (SSSR count). The number of alkyl halides is 2. The molecule has 1 N–H and O–H groups in total. The minimum atomic E-state index is -2.88. The van der Waals surface area contributed by atoms with E-state index in [0.717, 1.165) is 12.5 Å². The number of hydrogen-bond donors (Lipinski definition) is 1. The molecule has 1 heterocycles. The number of urea groups is 1. The van der Waals surface area contributed by atoms with Gasteiger partial charge in [0.2, 0.25) is 5.91 Å². The second-order valence-electron chi connectivity index (χ2n) is 6.28. The Hall–Kier alpha value is -2.18. The van der Waals surface area contributed by atoms with Gasteiger partial charge in [-0.3, -0.25) is 4.79 Å². The van der Waals surface area contributed by atoms with Gasteiger partial charge in [0.05, 0.1) is 0 Å². The van der Waals surface area contributed by atoms with Crippen molar-refractivity contribution in [3.63, 3.8) is 0 Å². The Balaban J connectivity index is 1.96. The average Bonchev–Trinajstić information content (AvgIpc) is 2.59. The molecule has 3 amide bonds. The first-order chi connectivity index (χ1) is 11.8. The zero-order valence-corrected chi connectivity index (χ0v) is 14.9. The van der Waals surface area contributed by atoms with Crippen LogP contribution < -0.4 is 5.32 Å². The molecule has 5 nitrogen and oxygen atoms in total. The molecule has 7 heteroatoms. The summed E-state index contributed by atoms with van der Waals surface area (Å²) in [7, 11) is 0. The molecule has 1 saturated heterocycles. The summed E-state index contributed by atoms with van der Waals surface area (Å²) in [5, 5.41) is 2.77. The van der Waals surface area contributed by atoms with E-state index in [0.29, 0.717) is 26.1 Å². The number of nitrogens with one attached hydrogen (secondary N) is 1. The molecule has 1 aromatic carbocycles. The van der Waals surface area contributed by atoms with Gasteiger partial charge in [-0.2, -0.15) is 0 Å². The molecule has 1 aliphatic rings. The van der Waals surface area contributed by atoms with Crippen LogP contribution in [0.1, 0.15) is 38.3 Å². The summed E-state index contributed by atoms with van der Waals surface area (Å²) in [4.78, 5) is 28.1. The standard InChI is InChI=1S/C18H25F2N3O2/c1-4-15-16(24)22(5-2)10-11-23(15)17(25)21-12-13-6-8-14(9-7-13)18(3,19)20/h6-9,15H,4-5,10-12H2,1-3H3,(H,21,25). The van der Waals surface area contributed by atoms with Gasteiger partial charge in [-0.1, -0.05) is 31.2 Å². The second kappa shape index (κ2) is 7.80. The number of halogens is 2. The van der Waals surface area contributed by atoms with Gasteiger partial charge in [0.25, 0.3) is 5.92 Å². The van der Waals surface area contributed by atoms with Gasteiger partial charge in [0.1, 0.15) is 6.04 Å². The Morgan fingerprint density at radius 1 is 1.24 bits per heavy atom. The molecule has 138 valence electrons. The van der Waals surface area contributed by atoms with Gasteiger partial charge >= 0.3 is 6.03 Å². The lowest BCUT2D eigenvalue weighted by Crippen LogP contribution is -2.60. The summed E-state index contributed by atoms with van der Waals surface area (Å²) < 4.78 is 26.4. The fraction of sp³-hybridized carbons (Fsp3) is 0.556. The maximum atomic E-state index is 13.2. The number of amides is 3. The Morgan fingerprint density at radius 2 is 1.88 bits per heavy atom. The third kappa shape index (κ3) is 4.46. The van der Waals surface area contributed by atoms with Gasteiger partial charge in [-0.25, -0.2) is 13.6 Å². The molecule has 0 spiro atoms. The quantitative estimate of drug-likeness (QED) is 0.885. The SMILES string of the molecule is CCC1C(=O)N(CC)CCN1C(=O)NCc1ccc(C(C)(F)F)cc1. The van der Waals surface area contributed by atoms with Crippen LogP contribution in [-0.4, -0.2) is 47.4 Å². The highest BCUT2D eigenvalue weighted by Crippen LogP contribution is 2.26. The molecule has 0 bridgehead atoms. The molecule has 25 heavy (non-hydrogen) atoms. The summed E-state index contributed by atoms with van der Waals surface area (Å²) in [5.41, 5.74) is 0.669. The molecule has 0 aliphatic carbocycles. The monoisotopic (exact) mass is 353 g/mol. The Bertz CT molecular complexity index is 614. The van der Waals surface area contributed by atoms with Gasteiger partial charge < -0.3 is 15.1 Å². The van der Waals surface area contributed by atoms with Gasteiger partial charge in [-0.15, -0.1) is 0 Å². The van der Waals surface area contributed by atoms with Crippen LogP contribution in [0, 0.1) is 0 Å².